The first-order valence-electron chi connectivity index (χ1n) is 13.2. The average Bonchev–Trinajstić information content (AvgIpc) is 3.11. The number of hydrogen-bond acceptors (Lipinski definition) is 4. The smallest absolute Gasteiger partial charge is 0.245 e. The molecule has 1 aromatic carbocycles. The zero-order chi connectivity index (χ0) is 23.0. The first kappa shape index (κ1) is 24.2. The number of amides is 2. The highest BCUT2D eigenvalue weighted by Crippen LogP contribution is 2.29. The van der Waals surface area contributed by atoms with Crippen molar-refractivity contribution in [1.82, 2.24) is 20.0 Å². The summed E-state index contributed by atoms with van der Waals surface area (Å²) in [7, 11) is 0. The van der Waals surface area contributed by atoms with E-state index in [0.29, 0.717) is 6.54 Å². The van der Waals surface area contributed by atoms with Gasteiger partial charge in [0.05, 0.1) is 0 Å². The van der Waals surface area contributed by atoms with E-state index in [-0.39, 0.29) is 23.9 Å². The lowest BCUT2D eigenvalue weighted by molar-refractivity contribution is -0.142. The molecule has 3 fully saturated rings. The van der Waals surface area contributed by atoms with E-state index in [1.165, 1.54) is 37.7 Å². The first-order valence-corrected chi connectivity index (χ1v) is 13.2. The van der Waals surface area contributed by atoms with Crippen LogP contribution in [0.2, 0.25) is 0 Å². The summed E-state index contributed by atoms with van der Waals surface area (Å²) in [5, 5.41) is 3.38. The Kier molecular flexibility index (Phi) is 8.79. The molecular formula is C27H42N4O2. The van der Waals surface area contributed by atoms with Crippen molar-refractivity contribution in [1.29, 1.82) is 0 Å². The average molecular weight is 455 g/mol. The third kappa shape index (κ3) is 6.57. The van der Waals surface area contributed by atoms with Crippen LogP contribution in [-0.2, 0) is 16.0 Å². The Morgan fingerprint density at radius 2 is 1.82 bits per heavy atom. The molecule has 3 aliphatic rings. The van der Waals surface area contributed by atoms with Gasteiger partial charge in [-0.05, 0) is 50.1 Å². The molecule has 182 valence electrons. The normalized spacial score (nSPS) is 24.8. The zero-order valence-corrected chi connectivity index (χ0v) is 20.4. The maximum absolute atomic E-state index is 13.5. The van der Waals surface area contributed by atoms with Gasteiger partial charge in [-0.15, -0.1) is 0 Å². The summed E-state index contributed by atoms with van der Waals surface area (Å²) in [6.45, 7) is 7.73. The second kappa shape index (κ2) is 12.0. The zero-order valence-electron chi connectivity index (χ0n) is 20.4. The van der Waals surface area contributed by atoms with E-state index in [0.717, 1.165) is 64.4 Å². The van der Waals surface area contributed by atoms with Crippen molar-refractivity contribution >= 4 is 11.8 Å². The summed E-state index contributed by atoms with van der Waals surface area (Å²) >= 11 is 0. The summed E-state index contributed by atoms with van der Waals surface area (Å²) in [6, 6.07) is 10.6. The molecule has 1 aromatic rings. The minimum Gasteiger partial charge on any atom is -0.340 e. The Morgan fingerprint density at radius 1 is 1.03 bits per heavy atom. The van der Waals surface area contributed by atoms with Crippen molar-refractivity contribution in [3.63, 3.8) is 0 Å². The van der Waals surface area contributed by atoms with Crippen molar-refractivity contribution in [2.75, 3.05) is 45.8 Å². The van der Waals surface area contributed by atoms with Gasteiger partial charge in [-0.1, -0.05) is 49.6 Å². The lowest BCUT2D eigenvalue weighted by atomic mass is 9.88. The summed E-state index contributed by atoms with van der Waals surface area (Å²) < 4.78 is 0. The van der Waals surface area contributed by atoms with Crippen LogP contribution in [-0.4, -0.2) is 84.4 Å². The fourth-order valence-electron chi connectivity index (χ4n) is 5.98. The number of benzene rings is 1. The van der Waals surface area contributed by atoms with Crippen LogP contribution in [0.4, 0.5) is 0 Å². The second-order valence-electron chi connectivity index (χ2n) is 10.2. The third-order valence-electron chi connectivity index (χ3n) is 7.88. The van der Waals surface area contributed by atoms with Crippen molar-refractivity contribution in [2.45, 2.75) is 70.4 Å². The SMILES string of the molecule is CC(=O)N1CC(N(CCc2ccccc2)CC2CCCCC2)CC1C(=O)N1CCCNCC1. The Bertz CT molecular complexity index is 757. The predicted octanol–water partition coefficient (Wildman–Crippen LogP) is 2.92. The molecule has 1 aliphatic carbocycles. The van der Waals surface area contributed by atoms with Gasteiger partial charge in [0.2, 0.25) is 11.8 Å². The minimum atomic E-state index is -0.309. The summed E-state index contributed by atoms with van der Waals surface area (Å²) in [4.78, 5) is 32.5. The molecule has 6 nitrogen and oxygen atoms in total. The van der Waals surface area contributed by atoms with Gasteiger partial charge in [0, 0.05) is 52.2 Å². The van der Waals surface area contributed by atoms with Crippen LogP contribution in [0.1, 0.15) is 57.4 Å². The monoisotopic (exact) mass is 454 g/mol. The van der Waals surface area contributed by atoms with Crippen molar-refractivity contribution in [3.8, 4) is 0 Å². The second-order valence-corrected chi connectivity index (χ2v) is 10.2. The molecule has 0 spiro atoms. The van der Waals surface area contributed by atoms with Crippen LogP contribution in [0.3, 0.4) is 0 Å². The van der Waals surface area contributed by atoms with Gasteiger partial charge in [-0.25, -0.2) is 0 Å². The topological polar surface area (TPSA) is 55.9 Å². The number of nitrogens with zero attached hydrogens (tertiary/aromatic N) is 3. The van der Waals surface area contributed by atoms with Gasteiger partial charge in [-0.3, -0.25) is 14.5 Å². The molecule has 0 bridgehead atoms. The third-order valence-corrected chi connectivity index (χ3v) is 7.88. The molecule has 2 heterocycles. The van der Waals surface area contributed by atoms with Crippen molar-refractivity contribution in [3.05, 3.63) is 35.9 Å². The summed E-state index contributed by atoms with van der Waals surface area (Å²) in [5.41, 5.74) is 1.36. The van der Waals surface area contributed by atoms with Gasteiger partial charge >= 0.3 is 0 Å². The number of rotatable bonds is 7. The van der Waals surface area contributed by atoms with Crippen LogP contribution >= 0.6 is 0 Å². The molecule has 1 N–H and O–H groups in total. The van der Waals surface area contributed by atoms with Gasteiger partial charge in [0.1, 0.15) is 6.04 Å². The lowest BCUT2D eigenvalue weighted by Crippen LogP contribution is -2.48. The largest absolute Gasteiger partial charge is 0.340 e. The molecule has 0 radical (unpaired) electrons. The van der Waals surface area contributed by atoms with Crippen LogP contribution in [0, 0.1) is 5.92 Å². The first-order chi connectivity index (χ1) is 16.1. The summed E-state index contributed by atoms with van der Waals surface area (Å²) in [5.74, 6) is 0.924. The fraction of sp³-hybridized carbons (Fsp3) is 0.704. The number of carbonyl (C=O) groups excluding carboxylic acids is 2. The Morgan fingerprint density at radius 3 is 2.58 bits per heavy atom. The maximum Gasteiger partial charge on any atom is 0.245 e. The molecule has 2 atom stereocenters. The molecule has 33 heavy (non-hydrogen) atoms. The summed E-state index contributed by atoms with van der Waals surface area (Å²) in [6.07, 6.45) is 9.43. The van der Waals surface area contributed by atoms with Crippen LogP contribution in [0.15, 0.2) is 30.3 Å². The number of nitrogens with one attached hydrogen (secondary N) is 1. The maximum atomic E-state index is 13.5. The van der Waals surface area contributed by atoms with E-state index in [4.69, 9.17) is 0 Å². The fourth-order valence-corrected chi connectivity index (χ4v) is 5.98. The standard InChI is InChI=1S/C27H42N4O2/c1-22(32)31-21-25(19-26(31)27(33)29-16-8-14-28-15-18-29)30(20-24-11-6-3-7-12-24)17-13-23-9-4-2-5-10-23/h2,4-5,9-10,24-26,28H,3,6-8,11-21H2,1H3. The Labute approximate surface area is 199 Å². The number of likely N-dealkylation sites (tertiary alicyclic amines) is 1. The molecule has 2 amide bonds. The Hall–Kier alpha value is -1.92. The number of hydrogen-bond donors (Lipinski definition) is 1. The van der Waals surface area contributed by atoms with E-state index in [2.05, 4.69) is 40.5 Å². The lowest BCUT2D eigenvalue weighted by Gasteiger charge is -2.34. The van der Waals surface area contributed by atoms with Crippen molar-refractivity contribution in [2.24, 2.45) is 5.92 Å². The van der Waals surface area contributed by atoms with Crippen LogP contribution < -0.4 is 5.32 Å². The van der Waals surface area contributed by atoms with Gasteiger partial charge < -0.3 is 15.1 Å². The molecule has 2 unspecified atom stereocenters. The molecule has 2 saturated heterocycles. The van der Waals surface area contributed by atoms with E-state index >= 15 is 0 Å². The molecule has 1 saturated carbocycles. The van der Waals surface area contributed by atoms with Gasteiger partial charge in [-0.2, -0.15) is 0 Å². The van der Waals surface area contributed by atoms with Crippen LogP contribution in [0.5, 0.6) is 0 Å². The van der Waals surface area contributed by atoms with E-state index in [1.54, 1.807) is 6.92 Å². The molecule has 4 rings (SSSR count). The molecule has 6 heteroatoms. The molecule has 0 aromatic heterocycles. The Balaban J connectivity index is 1.47. The van der Waals surface area contributed by atoms with Gasteiger partial charge in [0.15, 0.2) is 0 Å². The molecule has 2 aliphatic heterocycles. The highest BCUT2D eigenvalue weighted by atomic mass is 16.2. The number of carbonyl (C=O) groups is 2. The molecular weight excluding hydrogens is 412 g/mol. The van der Waals surface area contributed by atoms with Crippen molar-refractivity contribution < 1.29 is 9.59 Å². The van der Waals surface area contributed by atoms with Gasteiger partial charge in [0.25, 0.3) is 0 Å². The van der Waals surface area contributed by atoms with E-state index < -0.39 is 0 Å². The quantitative estimate of drug-likeness (QED) is 0.688. The highest BCUT2D eigenvalue weighted by molar-refractivity contribution is 5.87. The van der Waals surface area contributed by atoms with Crippen LogP contribution in [0.25, 0.3) is 0 Å². The minimum absolute atomic E-state index is 0.0319. The highest BCUT2D eigenvalue weighted by Gasteiger charge is 2.42. The van der Waals surface area contributed by atoms with E-state index in [1.807, 2.05) is 9.80 Å². The predicted molar refractivity (Wildman–Crippen MR) is 132 cm³/mol. The van der Waals surface area contributed by atoms with E-state index in [9.17, 15) is 9.59 Å².